The summed E-state index contributed by atoms with van der Waals surface area (Å²) in [5, 5.41) is 29.3. The van der Waals surface area contributed by atoms with E-state index < -0.39 is 24.2 Å². The maximum absolute atomic E-state index is 14.2. The van der Waals surface area contributed by atoms with E-state index in [0.29, 0.717) is 48.8 Å². The van der Waals surface area contributed by atoms with Crippen LogP contribution in [0.3, 0.4) is 0 Å². The second-order valence-corrected chi connectivity index (χ2v) is 16.1. The molecule has 2 aromatic carbocycles. The van der Waals surface area contributed by atoms with E-state index >= 15 is 0 Å². The van der Waals surface area contributed by atoms with E-state index in [0.717, 1.165) is 48.4 Å². The van der Waals surface area contributed by atoms with Crippen molar-refractivity contribution >= 4 is 17.5 Å². The van der Waals surface area contributed by atoms with Crippen LogP contribution in [-0.4, -0.2) is 123 Å². The van der Waals surface area contributed by atoms with Crippen LogP contribution in [0.2, 0.25) is 0 Å². The molecule has 2 saturated heterocycles. The van der Waals surface area contributed by atoms with Gasteiger partial charge in [0.05, 0.1) is 39.6 Å². The lowest BCUT2D eigenvalue weighted by molar-refractivity contribution is -0.183. The van der Waals surface area contributed by atoms with E-state index in [1.54, 1.807) is 19.1 Å². The third-order valence-electron chi connectivity index (χ3n) is 12.5. The highest BCUT2D eigenvalue weighted by Gasteiger charge is 2.57. The molecule has 2 aromatic rings. The molecule has 12 heteroatoms. The molecule has 5 aliphatic rings. The molecule has 12 nitrogen and oxygen atoms in total. The summed E-state index contributed by atoms with van der Waals surface area (Å²) in [6.07, 6.45) is 0.496. The molecular weight excluding hydrogens is 662 g/mol. The highest BCUT2D eigenvalue weighted by Crippen LogP contribution is 2.61. The van der Waals surface area contributed by atoms with Crippen LogP contribution in [0.1, 0.15) is 56.5 Å². The number of aliphatic hydroxyl groups is 2. The molecule has 286 valence electrons. The van der Waals surface area contributed by atoms with E-state index in [2.05, 4.69) is 36.3 Å². The molecule has 7 rings (SSSR count). The molecule has 3 saturated carbocycles. The van der Waals surface area contributed by atoms with Gasteiger partial charge in [-0.15, -0.1) is 0 Å². The summed E-state index contributed by atoms with van der Waals surface area (Å²) in [6, 6.07) is 10.8. The molecule has 4 N–H and O–H groups in total. The Morgan fingerprint density at radius 1 is 1.13 bits per heavy atom. The van der Waals surface area contributed by atoms with Crippen LogP contribution >= 0.6 is 0 Å². The predicted octanol–water partition coefficient (Wildman–Crippen LogP) is 3.15. The number of hydrogen-bond acceptors (Lipinski definition) is 10. The number of ether oxygens (including phenoxy) is 2. The number of para-hydroxylation sites is 1. The zero-order valence-electron chi connectivity index (χ0n) is 31.9. The number of anilines is 1. The zero-order valence-corrected chi connectivity index (χ0v) is 31.9. The van der Waals surface area contributed by atoms with Crippen LogP contribution in [0.4, 0.5) is 5.69 Å². The van der Waals surface area contributed by atoms with Gasteiger partial charge in [-0.05, 0) is 66.7 Å². The number of benzene rings is 2. The molecule has 0 unspecified atom stereocenters. The van der Waals surface area contributed by atoms with E-state index in [9.17, 15) is 19.8 Å². The lowest BCUT2D eigenvalue weighted by Gasteiger charge is -2.62. The fourth-order valence-electron chi connectivity index (χ4n) is 9.24. The van der Waals surface area contributed by atoms with Gasteiger partial charge in [0.1, 0.15) is 17.9 Å². The third-order valence-corrected chi connectivity index (χ3v) is 12.5. The summed E-state index contributed by atoms with van der Waals surface area (Å²) in [7, 11) is 5.49. The number of fused-ring (bicyclic) bond motifs is 2. The molecule has 52 heavy (non-hydrogen) atoms. The number of carbonyl (C=O) groups excluding carboxylic acids is 2. The van der Waals surface area contributed by atoms with Crippen LogP contribution in [0.15, 0.2) is 36.4 Å². The van der Waals surface area contributed by atoms with Gasteiger partial charge in [0.2, 0.25) is 5.91 Å². The van der Waals surface area contributed by atoms with Crippen LogP contribution in [0, 0.1) is 29.1 Å². The van der Waals surface area contributed by atoms with Gasteiger partial charge in [-0.3, -0.25) is 19.3 Å². The SMILES string of the molecule is COc1c(CN2O[C@@H](CO)[C@H]([C@H](C)O)[C@H]2C(=O)N[C@H]2C[C@@H]3C[C@@H]([C@@H]2C)C3(C)C)cccc1-c1cc(C(=O)NCCN2CCOCC2)cc(N(C)C)c1. The van der Waals surface area contributed by atoms with Gasteiger partial charge in [-0.25, -0.2) is 0 Å². The Hall–Kier alpha value is -3.26. The molecular formula is C40H59N5O7. The normalized spacial score (nSPS) is 29.2. The molecule has 2 aliphatic heterocycles. The molecule has 0 aromatic heterocycles. The van der Waals surface area contributed by atoms with Crippen molar-refractivity contribution < 1.29 is 34.1 Å². The molecule has 2 bridgehead atoms. The standard InChI is InChI=1S/C40H59N5O7/c1-24-32-20-29(40(32,3)4)21-33(24)42-39(49)36-35(25(2)47)34(23-46)52-45(36)22-26-9-8-10-31(37(26)50-7)27-17-28(19-30(18-27)43(5)6)38(48)41-11-12-44-13-15-51-16-14-44/h8-10,17-19,24-25,29,32-36,46-47H,11-16,20-23H2,1-7H3,(H,41,48)(H,42,49)/t24-,25-,29-,32-,33-,34-,35-,36-/m0/s1. The Balaban J connectivity index is 1.25. The smallest absolute Gasteiger partial charge is 0.251 e. The quantitative estimate of drug-likeness (QED) is 0.244. The Kier molecular flexibility index (Phi) is 11.8. The maximum Gasteiger partial charge on any atom is 0.251 e. The largest absolute Gasteiger partial charge is 0.496 e. The van der Waals surface area contributed by atoms with Gasteiger partial charge in [-0.1, -0.05) is 39.0 Å². The van der Waals surface area contributed by atoms with Crippen LogP contribution in [-0.2, 0) is 20.9 Å². The van der Waals surface area contributed by atoms with Gasteiger partial charge < -0.3 is 35.2 Å². The highest BCUT2D eigenvalue weighted by atomic mass is 16.7. The lowest BCUT2D eigenvalue weighted by Crippen LogP contribution is -2.62. The summed E-state index contributed by atoms with van der Waals surface area (Å²) in [4.78, 5) is 38.2. The summed E-state index contributed by atoms with van der Waals surface area (Å²) in [5.41, 5.74) is 4.05. The molecule has 0 radical (unpaired) electrons. The first-order chi connectivity index (χ1) is 24.8. The molecule has 2 heterocycles. The molecule has 8 atom stereocenters. The van der Waals surface area contributed by atoms with Crippen molar-refractivity contribution in [2.24, 2.45) is 29.1 Å². The van der Waals surface area contributed by atoms with E-state index in [4.69, 9.17) is 14.3 Å². The summed E-state index contributed by atoms with van der Waals surface area (Å²) < 4.78 is 11.5. The highest BCUT2D eigenvalue weighted by molar-refractivity contribution is 5.97. The van der Waals surface area contributed by atoms with Crippen molar-refractivity contribution in [3.63, 3.8) is 0 Å². The maximum atomic E-state index is 14.2. The fourth-order valence-corrected chi connectivity index (χ4v) is 9.24. The number of amides is 2. The number of aliphatic hydroxyl groups excluding tert-OH is 2. The Morgan fingerprint density at radius 2 is 1.88 bits per heavy atom. The first-order valence-electron chi connectivity index (χ1n) is 18.9. The van der Waals surface area contributed by atoms with Gasteiger partial charge in [0.15, 0.2) is 0 Å². The average Bonchev–Trinajstić information content (AvgIpc) is 3.51. The number of carbonyl (C=O) groups is 2. The molecule has 2 amide bonds. The van der Waals surface area contributed by atoms with Crippen LogP contribution < -0.4 is 20.3 Å². The second kappa shape index (κ2) is 16.0. The monoisotopic (exact) mass is 721 g/mol. The van der Waals surface area contributed by atoms with E-state index in [1.807, 2.05) is 55.4 Å². The number of rotatable bonds is 13. The molecule has 3 aliphatic carbocycles. The number of morpholine rings is 1. The van der Waals surface area contributed by atoms with Crippen molar-refractivity contribution in [2.45, 2.75) is 71.4 Å². The minimum absolute atomic E-state index is 0.0431. The molecule has 0 spiro atoms. The summed E-state index contributed by atoms with van der Waals surface area (Å²) >= 11 is 0. The summed E-state index contributed by atoms with van der Waals surface area (Å²) in [5.74, 6) is 1.08. The number of nitrogens with one attached hydrogen (secondary N) is 2. The number of nitrogens with zero attached hydrogens (tertiary/aromatic N) is 3. The third kappa shape index (κ3) is 7.69. The first-order valence-corrected chi connectivity index (χ1v) is 18.9. The van der Waals surface area contributed by atoms with Crippen molar-refractivity contribution in [3.8, 4) is 16.9 Å². The predicted molar refractivity (Wildman–Crippen MR) is 200 cm³/mol. The number of methoxy groups -OCH3 is 1. The first kappa shape index (κ1) is 38.5. The minimum atomic E-state index is -0.894. The Labute approximate surface area is 308 Å². The van der Waals surface area contributed by atoms with E-state index in [-0.39, 0.29) is 36.4 Å². The van der Waals surface area contributed by atoms with Gasteiger partial charge in [0, 0.05) is 74.6 Å². The second-order valence-electron chi connectivity index (χ2n) is 16.1. The fraction of sp³-hybridized carbons (Fsp3) is 0.650. The van der Waals surface area contributed by atoms with Crippen molar-refractivity contribution in [3.05, 3.63) is 47.5 Å². The lowest BCUT2D eigenvalue weighted by atomic mass is 9.45. The van der Waals surface area contributed by atoms with Gasteiger partial charge in [0.25, 0.3) is 5.91 Å². The van der Waals surface area contributed by atoms with Crippen LogP contribution in [0.5, 0.6) is 5.75 Å². The minimum Gasteiger partial charge on any atom is -0.496 e. The summed E-state index contributed by atoms with van der Waals surface area (Å²) in [6.45, 7) is 12.8. The zero-order chi connectivity index (χ0) is 37.3. The van der Waals surface area contributed by atoms with Crippen molar-refractivity contribution in [1.82, 2.24) is 20.6 Å². The molecule has 5 fully saturated rings. The van der Waals surface area contributed by atoms with Gasteiger partial charge in [-0.2, -0.15) is 5.06 Å². The van der Waals surface area contributed by atoms with E-state index in [1.165, 1.54) is 6.42 Å². The number of hydroxylamine groups is 2. The van der Waals surface area contributed by atoms with Crippen molar-refractivity contribution in [2.75, 3.05) is 72.1 Å². The number of hydrogen-bond donors (Lipinski definition) is 4. The topological polar surface area (TPSA) is 136 Å². The Bertz CT molecular complexity index is 1580. The Morgan fingerprint density at radius 3 is 2.52 bits per heavy atom. The average molecular weight is 722 g/mol. The van der Waals surface area contributed by atoms with Crippen molar-refractivity contribution in [1.29, 1.82) is 0 Å². The van der Waals surface area contributed by atoms with Crippen LogP contribution in [0.25, 0.3) is 11.1 Å². The van der Waals surface area contributed by atoms with Gasteiger partial charge >= 0.3 is 0 Å².